The van der Waals surface area contributed by atoms with E-state index in [0.717, 1.165) is 16.7 Å². The number of fused-ring (bicyclic) bond motifs is 1. The van der Waals surface area contributed by atoms with E-state index in [1.807, 2.05) is 18.2 Å². The summed E-state index contributed by atoms with van der Waals surface area (Å²) in [5, 5.41) is 11.8. The SMILES string of the molecule is NC(=O)c1cccc(CSc2ccc3c(c2)NC(=O)C3=CO)c1. The van der Waals surface area contributed by atoms with Crippen LogP contribution < -0.4 is 11.1 Å². The second-order valence-corrected chi connectivity index (χ2v) is 6.11. The zero-order valence-corrected chi connectivity index (χ0v) is 12.9. The summed E-state index contributed by atoms with van der Waals surface area (Å²) in [6.45, 7) is 0. The molecular weight excluding hydrogens is 312 g/mol. The van der Waals surface area contributed by atoms with Crippen LogP contribution in [-0.2, 0) is 10.5 Å². The van der Waals surface area contributed by atoms with Crippen LogP contribution in [0.5, 0.6) is 0 Å². The molecule has 116 valence electrons. The van der Waals surface area contributed by atoms with E-state index in [0.29, 0.717) is 22.6 Å². The van der Waals surface area contributed by atoms with Gasteiger partial charge in [0.05, 0.1) is 17.5 Å². The van der Waals surface area contributed by atoms with Gasteiger partial charge in [0.25, 0.3) is 5.91 Å². The molecule has 2 aromatic rings. The molecule has 1 aliphatic heterocycles. The number of anilines is 1. The van der Waals surface area contributed by atoms with Crippen molar-refractivity contribution < 1.29 is 14.7 Å². The summed E-state index contributed by atoms with van der Waals surface area (Å²) in [5.74, 6) is -0.0736. The van der Waals surface area contributed by atoms with Crippen LogP contribution in [0.25, 0.3) is 5.57 Å². The molecule has 0 aromatic heterocycles. The average Bonchev–Trinajstić information content (AvgIpc) is 2.87. The molecule has 0 radical (unpaired) electrons. The maximum atomic E-state index is 11.7. The summed E-state index contributed by atoms with van der Waals surface area (Å²) >= 11 is 1.58. The number of carbonyl (C=O) groups excluding carboxylic acids is 2. The van der Waals surface area contributed by atoms with Gasteiger partial charge in [-0.05, 0) is 29.8 Å². The van der Waals surface area contributed by atoms with Crippen molar-refractivity contribution in [2.75, 3.05) is 5.32 Å². The quantitative estimate of drug-likeness (QED) is 0.457. The molecule has 0 spiro atoms. The van der Waals surface area contributed by atoms with Gasteiger partial charge in [0.1, 0.15) is 0 Å². The number of amides is 2. The van der Waals surface area contributed by atoms with Crippen LogP contribution in [0.4, 0.5) is 5.69 Å². The molecule has 23 heavy (non-hydrogen) atoms. The number of rotatable bonds is 4. The fourth-order valence-corrected chi connectivity index (χ4v) is 3.25. The third kappa shape index (κ3) is 3.07. The van der Waals surface area contributed by atoms with Crippen molar-refractivity contribution in [1.82, 2.24) is 0 Å². The van der Waals surface area contributed by atoms with E-state index in [-0.39, 0.29) is 11.5 Å². The van der Waals surface area contributed by atoms with Crippen LogP contribution in [0.15, 0.2) is 53.6 Å². The highest BCUT2D eigenvalue weighted by atomic mass is 32.2. The number of thioether (sulfide) groups is 1. The van der Waals surface area contributed by atoms with Gasteiger partial charge in [0, 0.05) is 21.8 Å². The lowest BCUT2D eigenvalue weighted by Crippen LogP contribution is -2.10. The number of hydrogen-bond donors (Lipinski definition) is 3. The number of aliphatic hydroxyl groups excluding tert-OH is 1. The minimum absolute atomic E-state index is 0.269. The molecule has 0 saturated carbocycles. The second-order valence-electron chi connectivity index (χ2n) is 5.06. The van der Waals surface area contributed by atoms with E-state index in [1.165, 1.54) is 0 Å². The highest BCUT2D eigenvalue weighted by Crippen LogP contribution is 2.35. The monoisotopic (exact) mass is 326 g/mol. The Kier molecular flexibility index (Phi) is 4.08. The Morgan fingerprint density at radius 3 is 2.83 bits per heavy atom. The third-order valence-corrected chi connectivity index (χ3v) is 4.59. The van der Waals surface area contributed by atoms with E-state index in [9.17, 15) is 9.59 Å². The lowest BCUT2D eigenvalue weighted by molar-refractivity contribution is -0.110. The Morgan fingerprint density at radius 2 is 2.09 bits per heavy atom. The highest BCUT2D eigenvalue weighted by molar-refractivity contribution is 7.98. The van der Waals surface area contributed by atoms with Crippen LogP contribution in [-0.4, -0.2) is 16.9 Å². The van der Waals surface area contributed by atoms with Crippen molar-refractivity contribution in [2.24, 2.45) is 5.73 Å². The molecule has 0 unspecified atom stereocenters. The molecule has 5 nitrogen and oxygen atoms in total. The van der Waals surface area contributed by atoms with E-state index in [1.54, 1.807) is 36.0 Å². The first-order chi connectivity index (χ1) is 11.1. The molecule has 3 rings (SSSR count). The molecule has 0 fully saturated rings. The Labute approximate surface area is 137 Å². The number of nitrogens with one attached hydrogen (secondary N) is 1. The van der Waals surface area contributed by atoms with E-state index >= 15 is 0 Å². The van der Waals surface area contributed by atoms with Crippen molar-refractivity contribution in [3.63, 3.8) is 0 Å². The van der Waals surface area contributed by atoms with Gasteiger partial charge in [-0.15, -0.1) is 11.8 Å². The van der Waals surface area contributed by atoms with Gasteiger partial charge in [0.15, 0.2) is 0 Å². The predicted molar refractivity (Wildman–Crippen MR) is 90.2 cm³/mol. The summed E-state index contributed by atoms with van der Waals surface area (Å²) in [6, 6.07) is 12.8. The fourth-order valence-electron chi connectivity index (χ4n) is 2.37. The van der Waals surface area contributed by atoms with Crippen molar-refractivity contribution in [2.45, 2.75) is 10.6 Å². The van der Waals surface area contributed by atoms with Crippen LogP contribution in [0.2, 0.25) is 0 Å². The number of nitrogens with two attached hydrogens (primary N) is 1. The van der Waals surface area contributed by atoms with Gasteiger partial charge in [0.2, 0.25) is 5.91 Å². The molecule has 1 heterocycles. The lowest BCUT2D eigenvalue weighted by atomic mass is 10.1. The average molecular weight is 326 g/mol. The molecule has 0 bridgehead atoms. The summed E-state index contributed by atoms with van der Waals surface area (Å²) in [5.41, 5.74) is 8.41. The van der Waals surface area contributed by atoms with Crippen LogP contribution in [0, 0.1) is 0 Å². The zero-order chi connectivity index (χ0) is 16.4. The fraction of sp³-hybridized carbons (Fsp3) is 0.0588. The van der Waals surface area contributed by atoms with Crippen molar-refractivity contribution in [3.05, 3.63) is 65.4 Å². The highest BCUT2D eigenvalue weighted by Gasteiger charge is 2.24. The molecule has 2 aromatic carbocycles. The molecule has 0 aliphatic carbocycles. The Bertz CT molecular complexity index is 830. The van der Waals surface area contributed by atoms with Crippen molar-refractivity contribution >= 4 is 34.8 Å². The molecule has 4 N–H and O–H groups in total. The van der Waals surface area contributed by atoms with Crippen LogP contribution in [0.3, 0.4) is 0 Å². The van der Waals surface area contributed by atoms with Gasteiger partial charge < -0.3 is 16.2 Å². The summed E-state index contributed by atoms with van der Waals surface area (Å²) in [6.07, 6.45) is 0.823. The number of carbonyl (C=O) groups is 2. The Balaban J connectivity index is 1.75. The Hall–Kier alpha value is -2.73. The van der Waals surface area contributed by atoms with Gasteiger partial charge in [-0.25, -0.2) is 0 Å². The summed E-state index contributed by atoms with van der Waals surface area (Å²) in [7, 11) is 0. The largest absolute Gasteiger partial charge is 0.515 e. The standard InChI is InChI=1S/C17H14N2O3S/c18-16(21)11-3-1-2-10(6-11)9-23-12-4-5-13-14(8-20)17(22)19-15(13)7-12/h1-8,20H,9H2,(H2,18,21)(H,19,22). The summed E-state index contributed by atoms with van der Waals surface area (Å²) in [4.78, 5) is 23.8. The number of hydrogen-bond acceptors (Lipinski definition) is 4. The van der Waals surface area contributed by atoms with Gasteiger partial charge >= 0.3 is 0 Å². The van der Waals surface area contributed by atoms with E-state index in [2.05, 4.69) is 5.32 Å². The molecule has 1 aliphatic rings. The van der Waals surface area contributed by atoms with Crippen LogP contribution in [0.1, 0.15) is 21.5 Å². The van der Waals surface area contributed by atoms with E-state index in [4.69, 9.17) is 10.8 Å². The molecule has 0 atom stereocenters. The topological polar surface area (TPSA) is 92.4 Å². The first kappa shape index (κ1) is 15.2. The molecular formula is C17H14N2O3S. The third-order valence-electron chi connectivity index (χ3n) is 3.52. The van der Waals surface area contributed by atoms with Gasteiger partial charge in [-0.3, -0.25) is 9.59 Å². The minimum atomic E-state index is -0.444. The maximum absolute atomic E-state index is 11.7. The number of primary amides is 1. The van der Waals surface area contributed by atoms with Crippen molar-refractivity contribution in [1.29, 1.82) is 0 Å². The first-order valence-electron chi connectivity index (χ1n) is 6.90. The normalized spacial score (nSPS) is 14.6. The number of benzene rings is 2. The predicted octanol–water partition coefficient (Wildman–Crippen LogP) is 2.93. The first-order valence-corrected chi connectivity index (χ1v) is 7.89. The van der Waals surface area contributed by atoms with E-state index < -0.39 is 5.91 Å². The smallest absolute Gasteiger partial charge is 0.259 e. The second kappa shape index (κ2) is 6.18. The van der Waals surface area contributed by atoms with Crippen LogP contribution >= 0.6 is 11.8 Å². The number of aliphatic hydroxyl groups is 1. The van der Waals surface area contributed by atoms with Gasteiger partial charge in [-0.2, -0.15) is 0 Å². The molecule has 6 heteroatoms. The lowest BCUT2D eigenvalue weighted by Gasteiger charge is -2.06. The zero-order valence-electron chi connectivity index (χ0n) is 12.1. The van der Waals surface area contributed by atoms with Gasteiger partial charge in [-0.1, -0.05) is 18.2 Å². The molecule has 0 saturated heterocycles. The molecule has 2 amide bonds. The Morgan fingerprint density at radius 1 is 1.26 bits per heavy atom. The maximum Gasteiger partial charge on any atom is 0.259 e. The van der Waals surface area contributed by atoms with Crippen molar-refractivity contribution in [3.8, 4) is 0 Å². The summed E-state index contributed by atoms with van der Waals surface area (Å²) < 4.78 is 0. The minimum Gasteiger partial charge on any atom is -0.515 e.